The fourth-order valence-electron chi connectivity index (χ4n) is 2.07. The van der Waals surface area contributed by atoms with Crippen molar-refractivity contribution >= 4 is 5.96 Å². The van der Waals surface area contributed by atoms with Crippen molar-refractivity contribution < 1.29 is 4.74 Å². The predicted molar refractivity (Wildman–Crippen MR) is 91.9 cm³/mol. The summed E-state index contributed by atoms with van der Waals surface area (Å²) in [5, 5.41) is 3.10. The third-order valence-electron chi connectivity index (χ3n) is 3.05. The zero-order chi connectivity index (χ0) is 16.5. The average Bonchev–Trinajstić information content (AvgIpc) is 2.42. The molecule has 5 nitrogen and oxygen atoms in total. The molecule has 3 N–H and O–H groups in total. The zero-order valence-electron chi connectivity index (χ0n) is 14.5. The molecule has 0 aromatic carbocycles. The van der Waals surface area contributed by atoms with Gasteiger partial charge in [-0.3, -0.25) is 0 Å². The number of rotatable bonds is 8. The maximum atomic E-state index is 5.85. The lowest BCUT2D eigenvalue weighted by Crippen LogP contribution is -2.34. The Morgan fingerprint density at radius 3 is 2.64 bits per heavy atom. The van der Waals surface area contributed by atoms with Gasteiger partial charge in [0.15, 0.2) is 5.96 Å². The number of pyridine rings is 1. The molecule has 0 fully saturated rings. The van der Waals surface area contributed by atoms with Crippen LogP contribution in [0.15, 0.2) is 23.3 Å². The number of nitrogens with one attached hydrogen (secondary N) is 1. The normalized spacial score (nSPS) is 13.5. The highest BCUT2D eigenvalue weighted by Crippen LogP contribution is 2.15. The summed E-state index contributed by atoms with van der Waals surface area (Å²) in [6, 6.07) is 3.86. The lowest BCUT2D eigenvalue weighted by atomic mass is 10.1. The predicted octanol–water partition coefficient (Wildman–Crippen LogP) is 2.96. The average molecular weight is 306 g/mol. The van der Waals surface area contributed by atoms with E-state index in [4.69, 9.17) is 10.5 Å². The van der Waals surface area contributed by atoms with Crippen molar-refractivity contribution in [2.24, 2.45) is 22.6 Å². The van der Waals surface area contributed by atoms with E-state index in [1.165, 1.54) is 0 Å². The Bertz CT molecular complexity index is 471. The molecular weight excluding hydrogens is 276 g/mol. The molecule has 1 atom stereocenters. The van der Waals surface area contributed by atoms with Crippen LogP contribution in [-0.2, 0) is 6.54 Å². The van der Waals surface area contributed by atoms with Crippen LogP contribution in [0.4, 0.5) is 0 Å². The van der Waals surface area contributed by atoms with Crippen LogP contribution < -0.4 is 15.8 Å². The van der Waals surface area contributed by atoms with E-state index in [0.717, 1.165) is 18.5 Å². The SMILES string of the molecule is CC(C)CNC(N)=NCc1ccnc(OC(C)CC(C)C)c1. The van der Waals surface area contributed by atoms with Crippen molar-refractivity contribution in [3.8, 4) is 5.88 Å². The van der Waals surface area contributed by atoms with Crippen molar-refractivity contribution in [3.05, 3.63) is 23.9 Å². The van der Waals surface area contributed by atoms with E-state index in [-0.39, 0.29) is 6.10 Å². The standard InChI is InChI=1S/C17H30N4O/c1-12(2)8-14(5)22-16-9-15(6-7-19-16)11-21-17(18)20-10-13(3)4/h6-7,9,12-14H,8,10-11H2,1-5H3,(H3,18,20,21). The molecule has 0 saturated heterocycles. The second-order valence-electron chi connectivity index (χ2n) is 6.54. The highest BCUT2D eigenvalue weighted by molar-refractivity contribution is 5.77. The lowest BCUT2D eigenvalue weighted by molar-refractivity contribution is 0.185. The number of guanidine groups is 1. The second kappa shape index (κ2) is 9.28. The first-order valence-electron chi connectivity index (χ1n) is 8.02. The minimum Gasteiger partial charge on any atom is -0.475 e. The Morgan fingerprint density at radius 1 is 1.27 bits per heavy atom. The molecule has 22 heavy (non-hydrogen) atoms. The molecule has 1 rings (SSSR count). The van der Waals surface area contributed by atoms with Crippen LogP contribution in [-0.4, -0.2) is 23.6 Å². The minimum absolute atomic E-state index is 0.157. The first-order valence-corrected chi connectivity index (χ1v) is 8.02. The van der Waals surface area contributed by atoms with Gasteiger partial charge in [-0.25, -0.2) is 9.98 Å². The Balaban J connectivity index is 2.55. The van der Waals surface area contributed by atoms with E-state index >= 15 is 0 Å². The van der Waals surface area contributed by atoms with Crippen molar-refractivity contribution in [1.82, 2.24) is 10.3 Å². The quantitative estimate of drug-likeness (QED) is 0.572. The van der Waals surface area contributed by atoms with Gasteiger partial charge in [0, 0.05) is 18.8 Å². The van der Waals surface area contributed by atoms with Crippen LogP contribution in [0.1, 0.15) is 46.6 Å². The molecule has 0 radical (unpaired) electrons. The van der Waals surface area contributed by atoms with E-state index < -0.39 is 0 Å². The fourth-order valence-corrected chi connectivity index (χ4v) is 2.07. The third-order valence-corrected chi connectivity index (χ3v) is 3.05. The largest absolute Gasteiger partial charge is 0.475 e. The van der Waals surface area contributed by atoms with Gasteiger partial charge in [0.2, 0.25) is 5.88 Å². The van der Waals surface area contributed by atoms with Gasteiger partial charge in [0.1, 0.15) is 0 Å². The number of hydrogen-bond acceptors (Lipinski definition) is 3. The molecular formula is C17H30N4O. The van der Waals surface area contributed by atoms with Crippen LogP contribution >= 0.6 is 0 Å². The third kappa shape index (κ3) is 7.86. The van der Waals surface area contributed by atoms with Crippen LogP contribution in [0, 0.1) is 11.8 Å². The number of nitrogens with two attached hydrogens (primary N) is 1. The topological polar surface area (TPSA) is 72.5 Å². The molecule has 124 valence electrons. The number of nitrogens with zero attached hydrogens (tertiary/aromatic N) is 2. The smallest absolute Gasteiger partial charge is 0.213 e. The van der Waals surface area contributed by atoms with Crippen LogP contribution in [0.25, 0.3) is 0 Å². The summed E-state index contributed by atoms with van der Waals surface area (Å²) in [6.07, 6.45) is 2.92. The van der Waals surface area contributed by atoms with Gasteiger partial charge in [0.05, 0.1) is 12.6 Å². The molecule has 1 aromatic rings. The maximum absolute atomic E-state index is 5.85. The van der Waals surface area contributed by atoms with Gasteiger partial charge in [0.25, 0.3) is 0 Å². The summed E-state index contributed by atoms with van der Waals surface area (Å²) >= 11 is 0. The van der Waals surface area contributed by atoms with E-state index in [2.05, 4.69) is 49.9 Å². The van der Waals surface area contributed by atoms with Crippen LogP contribution in [0.3, 0.4) is 0 Å². The van der Waals surface area contributed by atoms with Crippen molar-refractivity contribution in [1.29, 1.82) is 0 Å². The molecule has 0 amide bonds. The van der Waals surface area contributed by atoms with E-state index in [1.54, 1.807) is 6.20 Å². The van der Waals surface area contributed by atoms with Crippen molar-refractivity contribution in [2.75, 3.05) is 6.54 Å². The molecule has 1 aromatic heterocycles. The van der Waals surface area contributed by atoms with Crippen molar-refractivity contribution in [2.45, 2.75) is 53.7 Å². The zero-order valence-corrected chi connectivity index (χ0v) is 14.5. The number of hydrogen-bond donors (Lipinski definition) is 2. The maximum Gasteiger partial charge on any atom is 0.213 e. The van der Waals surface area contributed by atoms with E-state index in [1.807, 2.05) is 12.1 Å². The van der Waals surface area contributed by atoms with Gasteiger partial charge in [-0.05, 0) is 36.8 Å². The summed E-state index contributed by atoms with van der Waals surface area (Å²) in [6.45, 7) is 12.0. The molecule has 0 aliphatic heterocycles. The van der Waals surface area contributed by atoms with Gasteiger partial charge in [-0.1, -0.05) is 27.7 Å². The summed E-state index contributed by atoms with van der Waals surface area (Å²) in [5.41, 5.74) is 6.87. The monoisotopic (exact) mass is 306 g/mol. The fraction of sp³-hybridized carbons (Fsp3) is 0.647. The molecule has 0 aliphatic carbocycles. The summed E-state index contributed by atoms with van der Waals surface area (Å²) < 4.78 is 5.85. The minimum atomic E-state index is 0.157. The number of ether oxygens (including phenoxy) is 1. The molecule has 5 heteroatoms. The first-order chi connectivity index (χ1) is 10.4. The van der Waals surface area contributed by atoms with Gasteiger partial charge < -0.3 is 15.8 Å². The molecule has 1 unspecified atom stereocenters. The van der Waals surface area contributed by atoms with Crippen molar-refractivity contribution in [3.63, 3.8) is 0 Å². The summed E-state index contributed by atoms with van der Waals surface area (Å²) in [4.78, 5) is 8.59. The van der Waals surface area contributed by atoms with Gasteiger partial charge in [-0.15, -0.1) is 0 Å². The van der Waals surface area contributed by atoms with Gasteiger partial charge >= 0.3 is 0 Å². The Morgan fingerprint density at radius 2 is 2.00 bits per heavy atom. The van der Waals surface area contributed by atoms with E-state index in [9.17, 15) is 0 Å². The molecule has 1 heterocycles. The molecule has 0 saturated carbocycles. The van der Waals surface area contributed by atoms with Crippen LogP contribution in [0.2, 0.25) is 0 Å². The first kappa shape index (κ1) is 18.3. The second-order valence-corrected chi connectivity index (χ2v) is 6.54. The molecule has 0 aliphatic rings. The molecule has 0 bridgehead atoms. The highest BCUT2D eigenvalue weighted by Gasteiger charge is 2.08. The lowest BCUT2D eigenvalue weighted by Gasteiger charge is -2.16. The Hall–Kier alpha value is -1.78. The summed E-state index contributed by atoms with van der Waals surface area (Å²) in [5.74, 6) is 2.27. The Kier molecular flexibility index (Phi) is 7.71. The number of aliphatic imine (C=N–C) groups is 1. The Labute approximate surface area is 134 Å². The van der Waals surface area contributed by atoms with Crippen LogP contribution in [0.5, 0.6) is 5.88 Å². The highest BCUT2D eigenvalue weighted by atomic mass is 16.5. The van der Waals surface area contributed by atoms with E-state index in [0.29, 0.717) is 30.2 Å². The molecule has 0 spiro atoms. The number of aromatic nitrogens is 1. The van der Waals surface area contributed by atoms with Gasteiger partial charge in [-0.2, -0.15) is 0 Å². The summed E-state index contributed by atoms with van der Waals surface area (Å²) in [7, 11) is 0.